The molecule has 0 saturated carbocycles. The Hall–Kier alpha value is -1.81. The Labute approximate surface area is 115 Å². The Kier molecular flexibility index (Phi) is 3.62. The van der Waals surface area contributed by atoms with Gasteiger partial charge < -0.3 is 11.1 Å². The number of nitrogens with two attached hydrogens (primary N) is 1. The van der Waals surface area contributed by atoms with E-state index in [0.29, 0.717) is 16.4 Å². The summed E-state index contributed by atoms with van der Waals surface area (Å²) in [6.07, 6.45) is 0. The van der Waals surface area contributed by atoms with Crippen LogP contribution in [-0.4, -0.2) is 0 Å². The van der Waals surface area contributed by atoms with Crippen LogP contribution < -0.4 is 11.1 Å². The van der Waals surface area contributed by atoms with E-state index < -0.39 is 11.6 Å². The van der Waals surface area contributed by atoms with Gasteiger partial charge in [0.25, 0.3) is 0 Å². The molecular weight excluding hydrogens is 270 g/mol. The Balaban J connectivity index is 2.42. The second-order valence-electron chi connectivity index (χ2n) is 4.39. The molecule has 3 N–H and O–H groups in total. The first-order valence-corrected chi connectivity index (χ1v) is 6.04. The Bertz CT molecular complexity index is 586. The average Bonchev–Trinajstić information content (AvgIpc) is 2.32. The van der Waals surface area contributed by atoms with Crippen molar-refractivity contribution in [3.63, 3.8) is 0 Å². The monoisotopic (exact) mass is 282 g/mol. The van der Waals surface area contributed by atoms with Gasteiger partial charge in [-0.25, -0.2) is 8.78 Å². The van der Waals surface area contributed by atoms with Crippen molar-refractivity contribution >= 4 is 28.7 Å². The van der Waals surface area contributed by atoms with Gasteiger partial charge in [0.05, 0.1) is 16.4 Å². The molecule has 0 unspecified atom stereocenters. The van der Waals surface area contributed by atoms with Gasteiger partial charge in [-0.3, -0.25) is 0 Å². The van der Waals surface area contributed by atoms with Crippen molar-refractivity contribution in [3.8, 4) is 0 Å². The van der Waals surface area contributed by atoms with Crippen molar-refractivity contribution in [2.45, 2.75) is 13.8 Å². The van der Waals surface area contributed by atoms with E-state index in [9.17, 15) is 8.78 Å². The van der Waals surface area contributed by atoms with E-state index in [0.717, 1.165) is 17.7 Å². The minimum atomic E-state index is -0.522. The van der Waals surface area contributed by atoms with Crippen molar-refractivity contribution in [1.82, 2.24) is 0 Å². The molecule has 19 heavy (non-hydrogen) atoms. The summed E-state index contributed by atoms with van der Waals surface area (Å²) in [4.78, 5) is 0. The molecule has 0 aliphatic heterocycles. The van der Waals surface area contributed by atoms with Crippen LogP contribution >= 0.6 is 11.6 Å². The van der Waals surface area contributed by atoms with E-state index in [2.05, 4.69) is 5.32 Å². The molecule has 5 heteroatoms. The number of hydrogen-bond donors (Lipinski definition) is 2. The lowest BCUT2D eigenvalue weighted by Gasteiger charge is -2.13. The lowest BCUT2D eigenvalue weighted by Crippen LogP contribution is -1.99. The van der Waals surface area contributed by atoms with E-state index in [4.69, 9.17) is 17.3 Å². The predicted molar refractivity (Wildman–Crippen MR) is 75.0 cm³/mol. The van der Waals surface area contributed by atoms with Crippen LogP contribution in [0.4, 0.5) is 25.8 Å². The molecule has 0 atom stereocenters. The zero-order valence-corrected chi connectivity index (χ0v) is 11.3. The molecule has 0 radical (unpaired) electrons. The van der Waals surface area contributed by atoms with Gasteiger partial charge in [-0.2, -0.15) is 0 Å². The highest BCUT2D eigenvalue weighted by Crippen LogP contribution is 2.30. The standard InChI is InChI=1S/C14H13ClF2N2/c1-7-3-11(17)14(6-10(7)16)19-13-5-9(15)12(18)4-8(13)2/h3-6,19H,18H2,1-2H3. The fraction of sp³-hybridized carbons (Fsp3) is 0.143. The first-order chi connectivity index (χ1) is 8.88. The molecule has 0 heterocycles. The third kappa shape index (κ3) is 2.79. The van der Waals surface area contributed by atoms with Crippen molar-refractivity contribution in [1.29, 1.82) is 0 Å². The second-order valence-corrected chi connectivity index (χ2v) is 4.80. The van der Waals surface area contributed by atoms with E-state index in [1.807, 2.05) is 0 Å². The van der Waals surface area contributed by atoms with E-state index >= 15 is 0 Å². The van der Waals surface area contributed by atoms with Crippen LogP contribution in [-0.2, 0) is 0 Å². The second kappa shape index (κ2) is 5.05. The minimum Gasteiger partial charge on any atom is -0.398 e. The van der Waals surface area contributed by atoms with Crippen LogP contribution in [0, 0.1) is 25.5 Å². The summed E-state index contributed by atoms with van der Waals surface area (Å²) in [5.74, 6) is -0.991. The molecular formula is C14H13ClF2N2. The van der Waals surface area contributed by atoms with Crippen molar-refractivity contribution in [2.24, 2.45) is 0 Å². The third-order valence-corrected chi connectivity index (χ3v) is 3.19. The molecule has 2 nitrogen and oxygen atoms in total. The maximum absolute atomic E-state index is 13.7. The summed E-state index contributed by atoms with van der Waals surface area (Å²) < 4.78 is 27.2. The summed E-state index contributed by atoms with van der Waals surface area (Å²) in [6, 6.07) is 5.52. The Morgan fingerprint density at radius 1 is 0.947 bits per heavy atom. The van der Waals surface area contributed by atoms with Gasteiger partial charge in [0.15, 0.2) is 0 Å². The first-order valence-electron chi connectivity index (χ1n) is 5.67. The number of rotatable bonds is 2. The van der Waals surface area contributed by atoms with Crippen LogP contribution in [0.5, 0.6) is 0 Å². The number of aryl methyl sites for hydroxylation is 2. The molecule has 0 aliphatic carbocycles. The van der Waals surface area contributed by atoms with Gasteiger partial charge in [-0.15, -0.1) is 0 Å². The van der Waals surface area contributed by atoms with Gasteiger partial charge >= 0.3 is 0 Å². The molecule has 0 aromatic heterocycles. The molecule has 0 amide bonds. The molecule has 0 fully saturated rings. The van der Waals surface area contributed by atoms with Gasteiger partial charge in [-0.05, 0) is 43.2 Å². The van der Waals surface area contributed by atoms with Crippen LogP contribution in [0.3, 0.4) is 0 Å². The Morgan fingerprint density at radius 2 is 1.63 bits per heavy atom. The SMILES string of the molecule is Cc1cc(F)c(Nc2cc(Cl)c(N)cc2C)cc1F. The molecule has 0 aliphatic rings. The number of hydrogen-bond acceptors (Lipinski definition) is 2. The minimum absolute atomic E-state index is 0.0621. The zero-order chi connectivity index (χ0) is 14.2. The maximum Gasteiger partial charge on any atom is 0.147 e. The van der Waals surface area contributed by atoms with Crippen LogP contribution in [0.25, 0.3) is 0 Å². The van der Waals surface area contributed by atoms with Crippen molar-refractivity contribution in [2.75, 3.05) is 11.1 Å². The van der Waals surface area contributed by atoms with Gasteiger partial charge in [-0.1, -0.05) is 11.6 Å². The van der Waals surface area contributed by atoms with Crippen LogP contribution in [0.1, 0.15) is 11.1 Å². The van der Waals surface area contributed by atoms with E-state index in [1.54, 1.807) is 19.1 Å². The zero-order valence-electron chi connectivity index (χ0n) is 10.5. The molecule has 0 bridgehead atoms. The fourth-order valence-corrected chi connectivity index (χ4v) is 1.89. The molecule has 2 aromatic carbocycles. The lowest BCUT2D eigenvalue weighted by molar-refractivity contribution is 0.595. The number of anilines is 3. The normalized spacial score (nSPS) is 10.6. The molecule has 2 rings (SSSR count). The quantitative estimate of drug-likeness (QED) is 0.792. The highest BCUT2D eigenvalue weighted by molar-refractivity contribution is 6.33. The third-order valence-electron chi connectivity index (χ3n) is 2.86. The summed E-state index contributed by atoms with van der Waals surface area (Å²) in [5.41, 5.74) is 7.81. The summed E-state index contributed by atoms with van der Waals surface area (Å²) >= 11 is 5.92. The average molecular weight is 283 g/mol. The first kappa shape index (κ1) is 13.6. The van der Waals surface area contributed by atoms with Gasteiger partial charge in [0, 0.05) is 11.8 Å². The van der Waals surface area contributed by atoms with Gasteiger partial charge in [0.1, 0.15) is 11.6 Å². The molecule has 0 saturated heterocycles. The van der Waals surface area contributed by atoms with E-state index in [-0.39, 0.29) is 11.3 Å². The maximum atomic E-state index is 13.7. The fourth-order valence-electron chi connectivity index (χ4n) is 1.73. The summed E-state index contributed by atoms with van der Waals surface area (Å²) in [6.45, 7) is 3.31. The molecule has 100 valence electrons. The smallest absolute Gasteiger partial charge is 0.147 e. The number of halogens is 3. The highest BCUT2D eigenvalue weighted by atomic mass is 35.5. The largest absolute Gasteiger partial charge is 0.398 e. The number of benzene rings is 2. The van der Waals surface area contributed by atoms with E-state index in [1.165, 1.54) is 6.92 Å². The predicted octanol–water partition coefficient (Wildman–Crippen LogP) is 4.56. The molecule has 2 aromatic rings. The topological polar surface area (TPSA) is 38.0 Å². The summed E-state index contributed by atoms with van der Waals surface area (Å²) in [5, 5.41) is 3.18. The van der Waals surface area contributed by atoms with Crippen molar-refractivity contribution < 1.29 is 8.78 Å². The van der Waals surface area contributed by atoms with Crippen molar-refractivity contribution in [3.05, 3.63) is 52.0 Å². The summed E-state index contributed by atoms with van der Waals surface area (Å²) in [7, 11) is 0. The van der Waals surface area contributed by atoms with Crippen LogP contribution in [0.2, 0.25) is 5.02 Å². The molecule has 0 spiro atoms. The lowest BCUT2D eigenvalue weighted by atomic mass is 10.1. The van der Waals surface area contributed by atoms with Gasteiger partial charge in [0.2, 0.25) is 0 Å². The Morgan fingerprint density at radius 3 is 2.32 bits per heavy atom. The van der Waals surface area contributed by atoms with Crippen LogP contribution in [0.15, 0.2) is 24.3 Å². The number of nitrogen functional groups attached to an aromatic ring is 1. The number of nitrogens with one attached hydrogen (secondary N) is 1. The highest BCUT2D eigenvalue weighted by Gasteiger charge is 2.10.